The molecular formula is C8H13N3O2. The van der Waals surface area contributed by atoms with Gasteiger partial charge in [0.05, 0.1) is 5.60 Å². The van der Waals surface area contributed by atoms with Crippen molar-refractivity contribution in [3.8, 4) is 0 Å². The molecule has 0 aliphatic carbocycles. The van der Waals surface area contributed by atoms with E-state index in [2.05, 4.69) is 15.7 Å². The lowest BCUT2D eigenvalue weighted by molar-refractivity contribution is -0.0591. The van der Waals surface area contributed by atoms with E-state index in [-0.39, 0.29) is 5.91 Å². The average molecular weight is 183 g/mol. The molecule has 72 valence electrons. The van der Waals surface area contributed by atoms with Crippen molar-refractivity contribution < 1.29 is 9.63 Å². The second-order valence-corrected chi connectivity index (χ2v) is 3.62. The molecule has 5 heteroatoms. The molecule has 0 bridgehead atoms. The summed E-state index contributed by atoms with van der Waals surface area (Å²) in [6.07, 6.45) is 1.51. The highest BCUT2D eigenvalue weighted by Gasteiger charge is 2.14. The fraction of sp³-hybridized carbons (Fsp3) is 0.500. The van der Waals surface area contributed by atoms with Crippen molar-refractivity contribution in [3.05, 3.63) is 18.0 Å². The van der Waals surface area contributed by atoms with E-state index in [1.165, 1.54) is 6.20 Å². The zero-order valence-corrected chi connectivity index (χ0v) is 7.92. The third-order valence-electron chi connectivity index (χ3n) is 1.20. The second kappa shape index (κ2) is 3.57. The Morgan fingerprint density at radius 3 is 2.77 bits per heavy atom. The van der Waals surface area contributed by atoms with E-state index in [1.54, 1.807) is 6.07 Å². The van der Waals surface area contributed by atoms with Gasteiger partial charge in [-0.25, -0.2) is 5.48 Å². The van der Waals surface area contributed by atoms with Crippen LogP contribution in [0.3, 0.4) is 0 Å². The Morgan fingerprint density at radius 2 is 2.31 bits per heavy atom. The van der Waals surface area contributed by atoms with Gasteiger partial charge in [0.2, 0.25) is 0 Å². The third kappa shape index (κ3) is 3.25. The lowest BCUT2D eigenvalue weighted by Crippen LogP contribution is -2.33. The van der Waals surface area contributed by atoms with Gasteiger partial charge in [0.1, 0.15) is 5.69 Å². The molecule has 1 rings (SSSR count). The minimum atomic E-state index is -0.393. The van der Waals surface area contributed by atoms with Crippen LogP contribution in [0.5, 0.6) is 0 Å². The maximum absolute atomic E-state index is 11.2. The lowest BCUT2D eigenvalue weighted by Gasteiger charge is -2.18. The summed E-state index contributed by atoms with van der Waals surface area (Å²) in [5.74, 6) is -0.326. The topological polar surface area (TPSA) is 67.0 Å². The molecule has 0 aliphatic rings. The molecule has 0 atom stereocenters. The third-order valence-corrected chi connectivity index (χ3v) is 1.20. The van der Waals surface area contributed by atoms with Crippen molar-refractivity contribution in [2.75, 3.05) is 0 Å². The van der Waals surface area contributed by atoms with Crippen LogP contribution in [0, 0.1) is 0 Å². The lowest BCUT2D eigenvalue weighted by atomic mass is 10.2. The second-order valence-electron chi connectivity index (χ2n) is 3.62. The average Bonchev–Trinajstić information content (AvgIpc) is 2.50. The van der Waals surface area contributed by atoms with Gasteiger partial charge in [0.15, 0.2) is 0 Å². The van der Waals surface area contributed by atoms with Gasteiger partial charge in [-0.3, -0.25) is 14.7 Å². The molecule has 0 spiro atoms. The summed E-state index contributed by atoms with van der Waals surface area (Å²) in [5.41, 5.74) is 2.30. The number of hydroxylamine groups is 1. The monoisotopic (exact) mass is 183 g/mol. The molecule has 0 unspecified atom stereocenters. The van der Waals surface area contributed by atoms with Crippen molar-refractivity contribution in [2.24, 2.45) is 0 Å². The molecule has 0 radical (unpaired) electrons. The van der Waals surface area contributed by atoms with Crippen LogP contribution in [0.2, 0.25) is 0 Å². The van der Waals surface area contributed by atoms with E-state index in [9.17, 15) is 4.79 Å². The molecule has 1 aromatic heterocycles. The number of nitrogens with zero attached hydrogens (tertiary/aromatic N) is 1. The summed E-state index contributed by atoms with van der Waals surface area (Å²) in [4.78, 5) is 16.3. The Hall–Kier alpha value is -1.36. The Bertz CT molecular complexity index is 274. The molecule has 1 aromatic rings. The number of rotatable bonds is 2. The Kier molecular flexibility index (Phi) is 2.67. The summed E-state index contributed by atoms with van der Waals surface area (Å²) >= 11 is 0. The van der Waals surface area contributed by atoms with Crippen LogP contribution >= 0.6 is 0 Å². The zero-order valence-electron chi connectivity index (χ0n) is 7.92. The minimum absolute atomic E-state index is 0.326. The first-order valence-corrected chi connectivity index (χ1v) is 3.97. The zero-order chi connectivity index (χ0) is 9.90. The summed E-state index contributed by atoms with van der Waals surface area (Å²) < 4.78 is 0. The van der Waals surface area contributed by atoms with Crippen LogP contribution in [0.25, 0.3) is 0 Å². The van der Waals surface area contributed by atoms with Gasteiger partial charge in [0.25, 0.3) is 5.91 Å². The highest BCUT2D eigenvalue weighted by Crippen LogP contribution is 2.04. The SMILES string of the molecule is CC(C)(C)ONC(=O)c1ccn[nH]1. The van der Waals surface area contributed by atoms with E-state index in [0.717, 1.165) is 0 Å². The summed E-state index contributed by atoms with van der Waals surface area (Å²) in [6.45, 7) is 5.54. The van der Waals surface area contributed by atoms with E-state index in [1.807, 2.05) is 20.8 Å². The smallest absolute Gasteiger partial charge is 0.273 e. The minimum Gasteiger partial charge on any atom is -0.273 e. The highest BCUT2D eigenvalue weighted by atomic mass is 16.7. The molecule has 0 aromatic carbocycles. The number of aromatic nitrogens is 2. The summed E-state index contributed by atoms with van der Waals surface area (Å²) in [5, 5.41) is 6.18. The van der Waals surface area contributed by atoms with Crippen molar-refractivity contribution in [1.82, 2.24) is 15.7 Å². The fourth-order valence-corrected chi connectivity index (χ4v) is 0.637. The van der Waals surface area contributed by atoms with E-state index < -0.39 is 5.60 Å². The van der Waals surface area contributed by atoms with Crippen LogP contribution in [-0.2, 0) is 4.84 Å². The van der Waals surface area contributed by atoms with Crippen molar-refractivity contribution in [3.63, 3.8) is 0 Å². The van der Waals surface area contributed by atoms with Crippen LogP contribution in [-0.4, -0.2) is 21.7 Å². The Balaban J connectivity index is 2.44. The van der Waals surface area contributed by atoms with E-state index in [0.29, 0.717) is 5.69 Å². The van der Waals surface area contributed by atoms with Crippen molar-refractivity contribution in [2.45, 2.75) is 26.4 Å². The van der Waals surface area contributed by atoms with Gasteiger partial charge in [0, 0.05) is 6.20 Å². The van der Waals surface area contributed by atoms with Crippen molar-refractivity contribution in [1.29, 1.82) is 0 Å². The van der Waals surface area contributed by atoms with Crippen LogP contribution in [0.1, 0.15) is 31.3 Å². The molecule has 2 N–H and O–H groups in total. The number of hydrogen-bond donors (Lipinski definition) is 2. The van der Waals surface area contributed by atoms with E-state index >= 15 is 0 Å². The molecule has 1 amide bonds. The highest BCUT2D eigenvalue weighted by molar-refractivity contribution is 5.91. The molecule has 0 saturated heterocycles. The van der Waals surface area contributed by atoms with Gasteiger partial charge >= 0.3 is 0 Å². The molecule has 1 heterocycles. The Labute approximate surface area is 76.4 Å². The first-order valence-electron chi connectivity index (χ1n) is 3.97. The maximum Gasteiger partial charge on any atom is 0.292 e. The molecule has 5 nitrogen and oxygen atoms in total. The number of aromatic amines is 1. The molecule has 0 fully saturated rings. The molecular weight excluding hydrogens is 170 g/mol. The van der Waals surface area contributed by atoms with Gasteiger partial charge in [-0.1, -0.05) is 0 Å². The van der Waals surface area contributed by atoms with Crippen LogP contribution in [0.4, 0.5) is 0 Å². The number of H-pyrrole nitrogens is 1. The summed E-state index contributed by atoms with van der Waals surface area (Å²) in [6, 6.07) is 1.57. The predicted octanol–water partition coefficient (Wildman–Crippen LogP) is 0.870. The molecule has 13 heavy (non-hydrogen) atoms. The van der Waals surface area contributed by atoms with Crippen molar-refractivity contribution >= 4 is 5.91 Å². The largest absolute Gasteiger partial charge is 0.292 e. The quantitative estimate of drug-likeness (QED) is 0.668. The van der Waals surface area contributed by atoms with Gasteiger partial charge in [-0.2, -0.15) is 5.10 Å². The van der Waals surface area contributed by atoms with E-state index in [4.69, 9.17) is 4.84 Å². The normalized spacial score (nSPS) is 11.3. The first-order chi connectivity index (χ1) is 5.99. The Morgan fingerprint density at radius 1 is 1.62 bits per heavy atom. The number of amides is 1. The van der Waals surface area contributed by atoms with Gasteiger partial charge in [-0.15, -0.1) is 0 Å². The predicted molar refractivity (Wildman–Crippen MR) is 46.9 cm³/mol. The van der Waals surface area contributed by atoms with Crippen LogP contribution in [0.15, 0.2) is 12.3 Å². The standard InChI is InChI=1S/C8H13N3O2/c1-8(2,3)13-11-7(12)6-4-5-9-10-6/h4-5H,1-3H3,(H,9,10)(H,11,12). The maximum atomic E-state index is 11.2. The van der Waals surface area contributed by atoms with Crippen LogP contribution < -0.4 is 5.48 Å². The summed E-state index contributed by atoms with van der Waals surface area (Å²) in [7, 11) is 0. The number of nitrogens with one attached hydrogen (secondary N) is 2. The number of carbonyl (C=O) groups excluding carboxylic acids is 1. The fourth-order valence-electron chi connectivity index (χ4n) is 0.637. The number of carbonyl (C=O) groups is 1. The van der Waals surface area contributed by atoms with Gasteiger partial charge in [-0.05, 0) is 26.8 Å². The van der Waals surface area contributed by atoms with Gasteiger partial charge < -0.3 is 0 Å². The number of hydrogen-bond acceptors (Lipinski definition) is 3. The first kappa shape index (κ1) is 9.73. The molecule has 0 saturated carbocycles. The molecule has 0 aliphatic heterocycles.